The number of aromatic nitrogens is 1. The van der Waals surface area contributed by atoms with Crippen molar-refractivity contribution >= 4 is 6.21 Å². The molecule has 0 amide bonds. The molecule has 2 rings (SSSR count). The van der Waals surface area contributed by atoms with E-state index < -0.39 is 18.1 Å². The van der Waals surface area contributed by atoms with Crippen LogP contribution in [0.25, 0.3) is 5.69 Å². The SMILES string of the molecule is Cc1cc(/C=N\NC(F)(F)C(F)(F)C(F)(F)F)c(C)n1-c1ccccc1. The smallest absolute Gasteiger partial charge is 0.318 e. The molecule has 0 aliphatic heterocycles. The van der Waals surface area contributed by atoms with Gasteiger partial charge in [0.25, 0.3) is 0 Å². The summed E-state index contributed by atoms with van der Waals surface area (Å²) in [5.74, 6) is -6.27. The highest BCUT2D eigenvalue weighted by Crippen LogP contribution is 2.44. The van der Waals surface area contributed by atoms with Crippen molar-refractivity contribution in [1.82, 2.24) is 9.99 Å². The van der Waals surface area contributed by atoms with E-state index in [1.807, 2.05) is 0 Å². The molecule has 1 aromatic carbocycles. The minimum atomic E-state index is -6.41. The van der Waals surface area contributed by atoms with Crippen molar-refractivity contribution in [3.8, 4) is 5.69 Å². The van der Waals surface area contributed by atoms with Crippen LogP contribution < -0.4 is 5.43 Å². The molecule has 26 heavy (non-hydrogen) atoms. The maximum atomic E-state index is 13.2. The first kappa shape index (κ1) is 19.8. The van der Waals surface area contributed by atoms with E-state index >= 15 is 0 Å². The monoisotopic (exact) mass is 381 g/mol. The number of alkyl halides is 7. The van der Waals surface area contributed by atoms with Gasteiger partial charge in [0.05, 0.1) is 6.21 Å². The van der Waals surface area contributed by atoms with Gasteiger partial charge in [-0.3, -0.25) is 0 Å². The van der Waals surface area contributed by atoms with Crippen molar-refractivity contribution in [2.24, 2.45) is 5.10 Å². The van der Waals surface area contributed by atoms with Crippen molar-refractivity contribution in [2.45, 2.75) is 32.0 Å². The van der Waals surface area contributed by atoms with Crippen LogP contribution in [0.4, 0.5) is 30.7 Å². The summed E-state index contributed by atoms with van der Waals surface area (Å²) in [4.78, 5) is 0. The fraction of sp³-hybridized carbons (Fsp3) is 0.312. The molecule has 0 fully saturated rings. The molecule has 10 heteroatoms. The van der Waals surface area contributed by atoms with Gasteiger partial charge in [-0.1, -0.05) is 18.2 Å². The van der Waals surface area contributed by atoms with Gasteiger partial charge in [-0.05, 0) is 32.0 Å². The van der Waals surface area contributed by atoms with Gasteiger partial charge in [-0.15, -0.1) is 0 Å². The summed E-state index contributed by atoms with van der Waals surface area (Å²) in [7, 11) is 0. The van der Waals surface area contributed by atoms with Gasteiger partial charge in [0, 0.05) is 22.6 Å². The zero-order chi connectivity index (χ0) is 19.8. The second-order valence-corrected chi connectivity index (χ2v) is 5.51. The van der Waals surface area contributed by atoms with Gasteiger partial charge in [0.15, 0.2) is 0 Å². The number of nitrogens with one attached hydrogen (secondary N) is 1. The average Bonchev–Trinajstić information content (AvgIpc) is 2.81. The summed E-state index contributed by atoms with van der Waals surface area (Å²) in [5, 5.41) is 2.88. The molecule has 0 bridgehead atoms. The molecular formula is C16H14F7N3. The number of hydrogen-bond acceptors (Lipinski definition) is 2. The highest BCUT2D eigenvalue weighted by Gasteiger charge is 2.73. The Morgan fingerprint density at radius 3 is 2.08 bits per heavy atom. The summed E-state index contributed by atoms with van der Waals surface area (Å²) < 4.78 is 89.8. The number of para-hydroxylation sites is 1. The predicted octanol–water partition coefficient (Wildman–Crippen LogP) is 4.81. The third-order valence-corrected chi connectivity index (χ3v) is 3.64. The maximum absolute atomic E-state index is 13.2. The Balaban J connectivity index is 2.25. The highest BCUT2D eigenvalue weighted by molar-refractivity contribution is 5.82. The fourth-order valence-electron chi connectivity index (χ4n) is 2.32. The molecule has 0 spiro atoms. The van der Waals surface area contributed by atoms with Crippen molar-refractivity contribution in [2.75, 3.05) is 0 Å². The van der Waals surface area contributed by atoms with Crippen LogP contribution in [0.2, 0.25) is 0 Å². The minimum Gasteiger partial charge on any atom is -0.318 e. The standard InChI is InChI=1S/C16H14F7N3/c1-10-8-12(11(2)26(10)13-6-4-3-5-7-13)9-24-25-16(22,23)14(17,18)15(19,20)21/h3-9,25H,1-2H3/b24-9-. The van der Waals surface area contributed by atoms with Gasteiger partial charge < -0.3 is 4.57 Å². The van der Waals surface area contributed by atoms with E-state index in [0.29, 0.717) is 16.8 Å². The van der Waals surface area contributed by atoms with E-state index in [1.165, 1.54) is 6.07 Å². The lowest BCUT2D eigenvalue weighted by Gasteiger charge is -2.27. The summed E-state index contributed by atoms with van der Waals surface area (Å²) in [6, 6.07) is 4.88. The second kappa shape index (κ2) is 6.65. The fourth-order valence-corrected chi connectivity index (χ4v) is 2.32. The topological polar surface area (TPSA) is 29.3 Å². The number of halogens is 7. The lowest BCUT2D eigenvalue weighted by atomic mass is 10.2. The first-order valence-corrected chi connectivity index (χ1v) is 7.25. The Kier molecular flexibility index (Phi) is 5.07. The number of hydrogen-bond donors (Lipinski definition) is 1. The molecule has 1 heterocycles. The van der Waals surface area contributed by atoms with Gasteiger partial charge in [0.1, 0.15) is 0 Å². The Hall–Kier alpha value is -2.52. The van der Waals surface area contributed by atoms with Crippen LogP contribution in [0, 0.1) is 13.8 Å². The van der Waals surface area contributed by atoms with Gasteiger partial charge in [0.2, 0.25) is 0 Å². The molecule has 0 unspecified atom stereocenters. The molecule has 0 aliphatic rings. The third kappa shape index (κ3) is 3.54. The number of hydrazone groups is 1. The molecular weight excluding hydrogens is 367 g/mol. The van der Waals surface area contributed by atoms with E-state index in [4.69, 9.17) is 0 Å². The number of benzene rings is 1. The van der Waals surface area contributed by atoms with Gasteiger partial charge >= 0.3 is 18.1 Å². The van der Waals surface area contributed by atoms with Crippen LogP contribution in [-0.2, 0) is 0 Å². The third-order valence-electron chi connectivity index (χ3n) is 3.64. The van der Waals surface area contributed by atoms with Crippen LogP contribution >= 0.6 is 0 Å². The molecule has 0 saturated heterocycles. The van der Waals surface area contributed by atoms with Crippen LogP contribution in [0.1, 0.15) is 17.0 Å². The first-order valence-electron chi connectivity index (χ1n) is 7.25. The predicted molar refractivity (Wildman–Crippen MR) is 81.9 cm³/mol. The molecule has 142 valence electrons. The van der Waals surface area contributed by atoms with E-state index in [2.05, 4.69) is 5.10 Å². The molecule has 0 atom stereocenters. The molecule has 1 N–H and O–H groups in total. The molecule has 1 aromatic heterocycles. The van der Waals surface area contributed by atoms with Gasteiger partial charge in [-0.25, -0.2) is 5.43 Å². The van der Waals surface area contributed by atoms with Crippen molar-refractivity contribution in [1.29, 1.82) is 0 Å². The molecule has 2 aromatic rings. The number of rotatable bonds is 5. The average molecular weight is 381 g/mol. The molecule has 0 radical (unpaired) electrons. The Morgan fingerprint density at radius 2 is 1.54 bits per heavy atom. The molecule has 0 aliphatic carbocycles. The first-order chi connectivity index (χ1) is 11.9. The minimum absolute atomic E-state index is 0.282. The van der Waals surface area contributed by atoms with Crippen molar-refractivity contribution in [3.63, 3.8) is 0 Å². The van der Waals surface area contributed by atoms with Crippen LogP contribution in [-0.4, -0.2) is 28.9 Å². The number of nitrogens with zero attached hydrogens (tertiary/aromatic N) is 2. The molecule has 0 saturated carbocycles. The lowest BCUT2D eigenvalue weighted by molar-refractivity contribution is -0.361. The Morgan fingerprint density at radius 1 is 0.962 bits per heavy atom. The Bertz CT molecular complexity index is 792. The van der Waals surface area contributed by atoms with Crippen LogP contribution in [0.3, 0.4) is 0 Å². The Labute approximate surface area is 144 Å². The van der Waals surface area contributed by atoms with Crippen LogP contribution in [0.5, 0.6) is 0 Å². The lowest BCUT2D eigenvalue weighted by Crippen LogP contribution is -2.58. The highest BCUT2D eigenvalue weighted by atomic mass is 19.4. The second-order valence-electron chi connectivity index (χ2n) is 5.51. The van der Waals surface area contributed by atoms with E-state index in [0.717, 1.165) is 11.9 Å². The van der Waals surface area contributed by atoms with E-state index in [9.17, 15) is 30.7 Å². The van der Waals surface area contributed by atoms with Crippen LogP contribution in [0.15, 0.2) is 41.5 Å². The summed E-state index contributed by atoms with van der Waals surface area (Å²) >= 11 is 0. The van der Waals surface area contributed by atoms with Crippen molar-refractivity contribution < 1.29 is 30.7 Å². The summed E-state index contributed by atoms with van der Waals surface area (Å²) in [6.45, 7) is 3.35. The van der Waals surface area contributed by atoms with Gasteiger partial charge in [-0.2, -0.15) is 35.8 Å². The van der Waals surface area contributed by atoms with E-state index in [-0.39, 0.29) is 5.56 Å². The maximum Gasteiger partial charge on any atom is 0.462 e. The largest absolute Gasteiger partial charge is 0.462 e. The van der Waals surface area contributed by atoms with E-state index in [1.54, 1.807) is 48.7 Å². The summed E-state index contributed by atoms with van der Waals surface area (Å²) in [6.07, 6.45) is -5.65. The zero-order valence-corrected chi connectivity index (χ0v) is 13.6. The van der Waals surface area contributed by atoms with Crippen molar-refractivity contribution in [3.05, 3.63) is 53.3 Å². The summed E-state index contributed by atoms with van der Waals surface area (Å²) in [5.41, 5.74) is 2.90. The number of aryl methyl sites for hydroxylation is 1. The molecule has 3 nitrogen and oxygen atoms in total. The normalized spacial score (nSPS) is 13.4. The zero-order valence-electron chi connectivity index (χ0n) is 13.6. The quantitative estimate of drug-likeness (QED) is 0.343.